The van der Waals surface area contributed by atoms with Crippen LogP contribution in [0.5, 0.6) is 5.75 Å². The molecule has 4 aliphatic rings. The van der Waals surface area contributed by atoms with Gasteiger partial charge in [0.2, 0.25) is 0 Å². The second-order valence-corrected chi connectivity index (χ2v) is 8.06. The Morgan fingerprint density at radius 1 is 0.870 bits per heavy atom. The average molecular weight is 306 g/mol. The molecule has 0 unspecified atom stereocenters. The summed E-state index contributed by atoms with van der Waals surface area (Å²) >= 11 is 0. The van der Waals surface area contributed by atoms with Crippen LogP contribution in [0, 0.1) is 23.2 Å². The molecule has 0 saturated heterocycles. The van der Waals surface area contributed by atoms with E-state index in [-0.39, 0.29) is 11.4 Å². The van der Waals surface area contributed by atoms with Crippen LogP contribution in [0.3, 0.4) is 0 Å². The lowest BCUT2D eigenvalue weighted by Crippen LogP contribution is -2.51. The number of carbonyl (C=O) groups is 1. The number of hydrogen-bond acceptors (Lipinski definition) is 2. The molecule has 0 heterocycles. The molecular formula is C21H22O2. The summed E-state index contributed by atoms with van der Waals surface area (Å²) in [5, 5.41) is 2.16. The smallest absolute Gasteiger partial charge is 0.317 e. The van der Waals surface area contributed by atoms with Crippen LogP contribution in [0.2, 0.25) is 0 Å². The number of benzene rings is 2. The SMILES string of the molecule is O=C(Oc1cccc2ccccc12)C12CC3CC(CC(C3)C1)C2. The van der Waals surface area contributed by atoms with Gasteiger partial charge >= 0.3 is 5.97 Å². The molecule has 118 valence electrons. The highest BCUT2D eigenvalue weighted by molar-refractivity contribution is 5.91. The second-order valence-electron chi connectivity index (χ2n) is 8.06. The first-order chi connectivity index (χ1) is 11.2. The maximum absolute atomic E-state index is 13.1. The van der Waals surface area contributed by atoms with Crippen molar-refractivity contribution >= 4 is 16.7 Å². The highest BCUT2D eigenvalue weighted by Crippen LogP contribution is 2.60. The van der Waals surface area contributed by atoms with Gasteiger partial charge in [0.1, 0.15) is 5.75 Å². The minimum absolute atomic E-state index is 0.0351. The zero-order valence-corrected chi connectivity index (χ0v) is 13.3. The molecule has 0 atom stereocenters. The first-order valence-electron chi connectivity index (χ1n) is 8.92. The Hall–Kier alpha value is -1.83. The second kappa shape index (κ2) is 4.83. The van der Waals surface area contributed by atoms with E-state index in [9.17, 15) is 4.79 Å². The van der Waals surface area contributed by atoms with Crippen LogP contribution < -0.4 is 4.74 Å². The van der Waals surface area contributed by atoms with Crippen molar-refractivity contribution < 1.29 is 9.53 Å². The molecule has 6 rings (SSSR count). The van der Waals surface area contributed by atoms with Crippen LogP contribution in [0.4, 0.5) is 0 Å². The summed E-state index contributed by atoms with van der Waals surface area (Å²) in [6.07, 6.45) is 7.22. The minimum atomic E-state index is -0.189. The summed E-state index contributed by atoms with van der Waals surface area (Å²) in [6, 6.07) is 14.1. The molecule has 2 aromatic rings. The third-order valence-corrected chi connectivity index (χ3v) is 6.42. The minimum Gasteiger partial charge on any atom is -0.425 e. The lowest BCUT2D eigenvalue weighted by molar-refractivity contribution is -0.161. The van der Waals surface area contributed by atoms with Gasteiger partial charge in [-0.2, -0.15) is 0 Å². The summed E-state index contributed by atoms with van der Waals surface area (Å²) in [5.41, 5.74) is -0.189. The van der Waals surface area contributed by atoms with Crippen molar-refractivity contribution in [1.82, 2.24) is 0 Å². The summed E-state index contributed by atoms with van der Waals surface area (Å²) < 4.78 is 5.97. The van der Waals surface area contributed by atoms with Gasteiger partial charge in [0.15, 0.2) is 0 Å². The van der Waals surface area contributed by atoms with Crippen molar-refractivity contribution in [3.8, 4) is 5.75 Å². The molecule has 0 aliphatic heterocycles. The lowest BCUT2D eigenvalue weighted by atomic mass is 9.49. The Bertz CT molecular complexity index is 736. The van der Waals surface area contributed by atoms with Gasteiger partial charge in [-0.15, -0.1) is 0 Å². The van der Waals surface area contributed by atoms with Gasteiger partial charge in [0, 0.05) is 5.39 Å². The van der Waals surface area contributed by atoms with E-state index in [2.05, 4.69) is 12.1 Å². The molecular weight excluding hydrogens is 284 g/mol. The van der Waals surface area contributed by atoms with Crippen LogP contribution in [-0.4, -0.2) is 5.97 Å². The zero-order chi connectivity index (χ0) is 15.4. The standard InChI is InChI=1S/C21H22O2/c22-20(21-11-14-8-15(12-21)10-16(9-14)13-21)23-19-7-3-5-17-4-1-2-6-18(17)19/h1-7,14-16H,8-13H2. The van der Waals surface area contributed by atoms with Crippen molar-refractivity contribution in [3.63, 3.8) is 0 Å². The zero-order valence-electron chi connectivity index (χ0n) is 13.3. The fraction of sp³-hybridized carbons (Fsp3) is 0.476. The maximum atomic E-state index is 13.1. The maximum Gasteiger partial charge on any atom is 0.317 e. The van der Waals surface area contributed by atoms with Crippen molar-refractivity contribution in [1.29, 1.82) is 0 Å². The normalized spacial score (nSPS) is 34.7. The first kappa shape index (κ1) is 13.6. The predicted octanol–water partition coefficient (Wildman–Crippen LogP) is 4.96. The number of ether oxygens (including phenoxy) is 1. The topological polar surface area (TPSA) is 26.3 Å². The Labute approximate surface area is 136 Å². The van der Waals surface area contributed by atoms with E-state index in [4.69, 9.17) is 4.74 Å². The molecule has 2 aromatic carbocycles. The van der Waals surface area contributed by atoms with E-state index < -0.39 is 0 Å². The number of carbonyl (C=O) groups excluding carboxylic acids is 1. The third kappa shape index (κ3) is 2.11. The Balaban J connectivity index is 1.47. The van der Waals surface area contributed by atoms with E-state index in [0.29, 0.717) is 0 Å². The van der Waals surface area contributed by atoms with E-state index in [1.165, 1.54) is 19.3 Å². The van der Waals surface area contributed by atoms with Crippen LogP contribution in [-0.2, 0) is 4.79 Å². The van der Waals surface area contributed by atoms with Crippen molar-refractivity contribution in [2.24, 2.45) is 23.2 Å². The van der Waals surface area contributed by atoms with Gasteiger partial charge in [0.25, 0.3) is 0 Å². The van der Waals surface area contributed by atoms with E-state index in [0.717, 1.165) is 53.5 Å². The number of fused-ring (bicyclic) bond motifs is 1. The first-order valence-corrected chi connectivity index (χ1v) is 8.92. The summed E-state index contributed by atoms with van der Waals surface area (Å²) in [7, 11) is 0. The molecule has 4 fully saturated rings. The predicted molar refractivity (Wildman–Crippen MR) is 90.2 cm³/mol. The van der Waals surface area contributed by atoms with Gasteiger partial charge in [0.05, 0.1) is 5.41 Å². The van der Waals surface area contributed by atoms with Gasteiger partial charge in [-0.1, -0.05) is 36.4 Å². The Morgan fingerprint density at radius 3 is 2.17 bits per heavy atom. The molecule has 0 spiro atoms. The number of esters is 1. The quantitative estimate of drug-likeness (QED) is 0.579. The lowest BCUT2D eigenvalue weighted by Gasteiger charge is -2.55. The molecule has 0 N–H and O–H groups in total. The molecule has 2 heteroatoms. The molecule has 0 amide bonds. The van der Waals surface area contributed by atoms with Crippen LogP contribution in [0.15, 0.2) is 42.5 Å². The van der Waals surface area contributed by atoms with E-state index >= 15 is 0 Å². The molecule has 4 bridgehead atoms. The number of hydrogen-bond donors (Lipinski definition) is 0. The van der Waals surface area contributed by atoms with Gasteiger partial charge in [-0.05, 0) is 67.7 Å². The molecule has 4 saturated carbocycles. The number of rotatable bonds is 2. The molecule has 0 radical (unpaired) electrons. The highest BCUT2D eigenvalue weighted by atomic mass is 16.5. The van der Waals surface area contributed by atoms with E-state index in [1.54, 1.807) is 0 Å². The van der Waals surface area contributed by atoms with Crippen LogP contribution in [0.1, 0.15) is 38.5 Å². The monoisotopic (exact) mass is 306 g/mol. The van der Waals surface area contributed by atoms with Crippen molar-refractivity contribution in [3.05, 3.63) is 42.5 Å². The van der Waals surface area contributed by atoms with Crippen molar-refractivity contribution in [2.75, 3.05) is 0 Å². The highest BCUT2D eigenvalue weighted by Gasteiger charge is 2.55. The third-order valence-electron chi connectivity index (χ3n) is 6.42. The molecule has 0 aromatic heterocycles. The Kier molecular flexibility index (Phi) is 2.86. The van der Waals surface area contributed by atoms with Crippen LogP contribution >= 0.6 is 0 Å². The molecule has 4 aliphatic carbocycles. The van der Waals surface area contributed by atoms with E-state index in [1.807, 2.05) is 30.3 Å². The van der Waals surface area contributed by atoms with Crippen LogP contribution in [0.25, 0.3) is 10.8 Å². The van der Waals surface area contributed by atoms with Gasteiger partial charge in [-0.25, -0.2) is 0 Å². The molecule has 2 nitrogen and oxygen atoms in total. The molecule has 23 heavy (non-hydrogen) atoms. The Morgan fingerprint density at radius 2 is 1.48 bits per heavy atom. The summed E-state index contributed by atoms with van der Waals surface area (Å²) in [6.45, 7) is 0. The fourth-order valence-corrected chi connectivity index (χ4v) is 5.85. The van der Waals surface area contributed by atoms with Gasteiger partial charge in [-0.3, -0.25) is 4.79 Å². The largest absolute Gasteiger partial charge is 0.425 e. The summed E-state index contributed by atoms with van der Waals surface area (Å²) in [4.78, 5) is 13.1. The fourth-order valence-electron chi connectivity index (χ4n) is 5.85. The van der Waals surface area contributed by atoms with Crippen molar-refractivity contribution in [2.45, 2.75) is 38.5 Å². The summed E-state index contributed by atoms with van der Waals surface area (Å²) in [5.74, 6) is 3.06. The average Bonchev–Trinajstić information content (AvgIpc) is 2.54. The van der Waals surface area contributed by atoms with Gasteiger partial charge < -0.3 is 4.74 Å².